The summed E-state index contributed by atoms with van der Waals surface area (Å²) < 4.78 is 4.06. The lowest BCUT2D eigenvalue weighted by atomic mass is 10.2. The van der Waals surface area contributed by atoms with E-state index in [1.807, 2.05) is 23.0 Å². The van der Waals surface area contributed by atoms with Gasteiger partial charge in [0.2, 0.25) is 0 Å². The van der Waals surface area contributed by atoms with Crippen molar-refractivity contribution in [2.45, 2.75) is 20.0 Å². The van der Waals surface area contributed by atoms with Crippen LogP contribution in [0.1, 0.15) is 12.6 Å². The minimum Gasteiger partial charge on any atom is -0.341 e. The van der Waals surface area contributed by atoms with Crippen LogP contribution in [0.2, 0.25) is 0 Å². The first-order chi connectivity index (χ1) is 9.70. The third-order valence-electron chi connectivity index (χ3n) is 3.46. The van der Waals surface area contributed by atoms with E-state index in [0.29, 0.717) is 11.9 Å². The lowest BCUT2D eigenvalue weighted by molar-refractivity contribution is -0.383. The van der Waals surface area contributed by atoms with Gasteiger partial charge in [0, 0.05) is 25.0 Å². The summed E-state index contributed by atoms with van der Waals surface area (Å²) in [4.78, 5) is 14.8. The number of fused-ring (bicyclic) bond motifs is 1. The second kappa shape index (κ2) is 4.80. The van der Waals surface area contributed by atoms with Crippen molar-refractivity contribution >= 4 is 16.6 Å². The SMILES string of the molecule is CCn1cncc1Cn1ccc2c([N+](=O)[O-])cccc21. The van der Waals surface area contributed by atoms with Crippen molar-refractivity contribution in [3.8, 4) is 0 Å². The molecule has 6 heteroatoms. The van der Waals surface area contributed by atoms with Crippen LogP contribution in [0.5, 0.6) is 0 Å². The summed E-state index contributed by atoms with van der Waals surface area (Å²) in [5.41, 5.74) is 2.09. The van der Waals surface area contributed by atoms with Crippen LogP contribution in [0, 0.1) is 10.1 Å². The van der Waals surface area contributed by atoms with Gasteiger partial charge < -0.3 is 9.13 Å². The number of hydrogen-bond donors (Lipinski definition) is 0. The van der Waals surface area contributed by atoms with Crippen LogP contribution >= 0.6 is 0 Å². The Kier molecular flexibility index (Phi) is 2.98. The summed E-state index contributed by atoms with van der Waals surface area (Å²) in [5.74, 6) is 0. The van der Waals surface area contributed by atoms with Crippen molar-refractivity contribution < 1.29 is 4.92 Å². The van der Waals surface area contributed by atoms with Crippen LogP contribution < -0.4 is 0 Å². The predicted octanol–water partition coefficient (Wildman–Crippen LogP) is 2.81. The molecule has 102 valence electrons. The van der Waals surface area contributed by atoms with E-state index < -0.39 is 0 Å². The third-order valence-corrected chi connectivity index (χ3v) is 3.46. The number of hydrogen-bond acceptors (Lipinski definition) is 3. The normalized spacial score (nSPS) is 11.1. The van der Waals surface area contributed by atoms with E-state index in [1.54, 1.807) is 18.5 Å². The number of rotatable bonds is 4. The molecular weight excluding hydrogens is 256 g/mol. The monoisotopic (exact) mass is 270 g/mol. The number of nitro benzene ring substituents is 1. The number of nitrogens with zero attached hydrogens (tertiary/aromatic N) is 4. The smallest absolute Gasteiger partial charge is 0.278 e. The number of aromatic nitrogens is 3. The van der Waals surface area contributed by atoms with Crippen molar-refractivity contribution in [3.05, 3.63) is 58.8 Å². The first-order valence-electron chi connectivity index (χ1n) is 6.42. The molecule has 3 aromatic rings. The molecule has 0 saturated carbocycles. The Balaban J connectivity index is 2.05. The lowest BCUT2D eigenvalue weighted by Crippen LogP contribution is -2.05. The standard InChI is InChI=1S/C14H14N4O2/c1-2-16-10-15-8-11(16)9-17-7-6-12-13(17)4-3-5-14(12)18(19)20/h3-8,10H,2,9H2,1H3. The molecule has 0 aliphatic heterocycles. The average Bonchev–Trinajstić information content (AvgIpc) is 3.06. The molecule has 2 heterocycles. The van der Waals surface area contributed by atoms with Crippen molar-refractivity contribution in [1.82, 2.24) is 14.1 Å². The zero-order chi connectivity index (χ0) is 14.1. The number of aryl methyl sites for hydroxylation is 1. The molecule has 2 aromatic heterocycles. The molecule has 3 rings (SSSR count). The summed E-state index contributed by atoms with van der Waals surface area (Å²) in [6.45, 7) is 3.57. The lowest BCUT2D eigenvalue weighted by Gasteiger charge is -2.07. The molecule has 0 fully saturated rings. The molecule has 0 aliphatic carbocycles. The highest BCUT2D eigenvalue weighted by Gasteiger charge is 2.14. The molecule has 0 unspecified atom stereocenters. The second-order valence-electron chi connectivity index (χ2n) is 4.58. The Morgan fingerprint density at radius 3 is 2.90 bits per heavy atom. The highest BCUT2D eigenvalue weighted by atomic mass is 16.6. The first-order valence-corrected chi connectivity index (χ1v) is 6.42. The molecular formula is C14H14N4O2. The van der Waals surface area contributed by atoms with Gasteiger partial charge in [0.05, 0.1) is 34.4 Å². The first kappa shape index (κ1) is 12.4. The maximum absolute atomic E-state index is 11.0. The highest BCUT2D eigenvalue weighted by Crippen LogP contribution is 2.26. The molecule has 6 nitrogen and oxygen atoms in total. The van der Waals surface area contributed by atoms with Crippen LogP contribution in [0.15, 0.2) is 43.0 Å². The summed E-state index contributed by atoms with van der Waals surface area (Å²) in [6, 6.07) is 6.94. The van der Waals surface area contributed by atoms with Gasteiger partial charge in [0.1, 0.15) is 0 Å². The van der Waals surface area contributed by atoms with E-state index in [9.17, 15) is 10.1 Å². The van der Waals surface area contributed by atoms with E-state index in [1.165, 1.54) is 6.07 Å². The molecule has 0 radical (unpaired) electrons. The van der Waals surface area contributed by atoms with Crippen LogP contribution in [-0.2, 0) is 13.1 Å². The topological polar surface area (TPSA) is 65.9 Å². The van der Waals surface area contributed by atoms with Gasteiger partial charge in [-0.1, -0.05) is 6.07 Å². The van der Waals surface area contributed by atoms with E-state index >= 15 is 0 Å². The molecule has 0 aliphatic rings. The largest absolute Gasteiger partial charge is 0.341 e. The molecule has 0 N–H and O–H groups in total. The van der Waals surface area contributed by atoms with Gasteiger partial charge in [-0.2, -0.15) is 0 Å². The summed E-state index contributed by atoms with van der Waals surface area (Å²) in [5, 5.41) is 11.7. The maximum atomic E-state index is 11.0. The number of benzene rings is 1. The van der Waals surface area contributed by atoms with Crippen LogP contribution in [-0.4, -0.2) is 19.0 Å². The van der Waals surface area contributed by atoms with E-state index in [0.717, 1.165) is 17.8 Å². The number of non-ortho nitro benzene ring substituents is 1. The summed E-state index contributed by atoms with van der Waals surface area (Å²) in [7, 11) is 0. The fraction of sp³-hybridized carbons (Fsp3) is 0.214. The third kappa shape index (κ3) is 1.95. The van der Waals surface area contributed by atoms with Crippen molar-refractivity contribution in [2.75, 3.05) is 0 Å². The molecule has 0 atom stereocenters. The van der Waals surface area contributed by atoms with Gasteiger partial charge in [-0.3, -0.25) is 10.1 Å². The zero-order valence-electron chi connectivity index (χ0n) is 11.1. The maximum Gasteiger partial charge on any atom is 0.278 e. The molecule has 0 amide bonds. The predicted molar refractivity (Wildman–Crippen MR) is 75.6 cm³/mol. The minimum absolute atomic E-state index is 0.144. The van der Waals surface area contributed by atoms with Gasteiger partial charge in [-0.05, 0) is 19.1 Å². The Labute approximate surface area is 115 Å². The molecule has 0 bridgehead atoms. The zero-order valence-corrected chi connectivity index (χ0v) is 11.1. The summed E-state index contributed by atoms with van der Waals surface area (Å²) >= 11 is 0. The Morgan fingerprint density at radius 1 is 1.30 bits per heavy atom. The number of nitro groups is 1. The van der Waals surface area contributed by atoms with Gasteiger partial charge in [0.25, 0.3) is 5.69 Å². The average molecular weight is 270 g/mol. The fourth-order valence-corrected chi connectivity index (χ4v) is 2.44. The second-order valence-corrected chi connectivity index (χ2v) is 4.58. The fourth-order valence-electron chi connectivity index (χ4n) is 2.44. The van der Waals surface area contributed by atoms with Gasteiger partial charge in [-0.25, -0.2) is 4.98 Å². The van der Waals surface area contributed by atoms with Crippen molar-refractivity contribution in [3.63, 3.8) is 0 Å². The van der Waals surface area contributed by atoms with E-state index in [2.05, 4.69) is 16.5 Å². The van der Waals surface area contributed by atoms with Gasteiger partial charge in [-0.15, -0.1) is 0 Å². The molecule has 0 spiro atoms. The van der Waals surface area contributed by atoms with E-state index in [4.69, 9.17) is 0 Å². The Bertz CT molecular complexity index is 772. The van der Waals surface area contributed by atoms with Crippen molar-refractivity contribution in [1.29, 1.82) is 0 Å². The van der Waals surface area contributed by atoms with Crippen molar-refractivity contribution in [2.24, 2.45) is 0 Å². The van der Waals surface area contributed by atoms with Crippen LogP contribution in [0.25, 0.3) is 10.9 Å². The highest BCUT2D eigenvalue weighted by molar-refractivity contribution is 5.89. The molecule has 0 saturated heterocycles. The Hall–Kier alpha value is -2.63. The number of imidazole rings is 1. The Morgan fingerprint density at radius 2 is 2.15 bits per heavy atom. The van der Waals surface area contributed by atoms with Crippen LogP contribution in [0.3, 0.4) is 0 Å². The van der Waals surface area contributed by atoms with Gasteiger partial charge in [0.15, 0.2) is 0 Å². The minimum atomic E-state index is -0.344. The van der Waals surface area contributed by atoms with Crippen LogP contribution in [0.4, 0.5) is 5.69 Å². The molecule has 20 heavy (non-hydrogen) atoms. The summed E-state index contributed by atoms with van der Waals surface area (Å²) in [6.07, 6.45) is 5.50. The molecule has 1 aromatic carbocycles. The van der Waals surface area contributed by atoms with E-state index in [-0.39, 0.29) is 10.6 Å². The quantitative estimate of drug-likeness (QED) is 0.541. The van der Waals surface area contributed by atoms with Gasteiger partial charge >= 0.3 is 0 Å².